The van der Waals surface area contributed by atoms with Crippen molar-refractivity contribution >= 4 is 5.97 Å². The highest BCUT2D eigenvalue weighted by atomic mass is 16.5. The molecule has 112 valence electrons. The predicted octanol–water partition coefficient (Wildman–Crippen LogP) is 1.15. The second-order valence-electron chi connectivity index (χ2n) is 5.90. The number of carbonyl (C=O) groups is 1. The van der Waals surface area contributed by atoms with E-state index in [2.05, 4.69) is 25.7 Å². The molecule has 1 aliphatic heterocycles. The number of ether oxygens (including phenoxy) is 2. The number of morpholine rings is 1. The first-order valence-electron chi connectivity index (χ1n) is 7.12. The van der Waals surface area contributed by atoms with E-state index in [4.69, 9.17) is 15.2 Å². The molecule has 4 atom stereocenters. The lowest BCUT2D eigenvalue weighted by Crippen LogP contribution is -2.55. The predicted molar refractivity (Wildman–Crippen MR) is 74.9 cm³/mol. The Balaban J connectivity index is 2.57. The van der Waals surface area contributed by atoms with Gasteiger partial charge in [-0.1, -0.05) is 0 Å². The van der Waals surface area contributed by atoms with E-state index in [1.165, 1.54) is 0 Å². The minimum atomic E-state index is -0.930. The van der Waals surface area contributed by atoms with Gasteiger partial charge in [0, 0.05) is 19.1 Å². The molecule has 5 nitrogen and oxygen atoms in total. The molecule has 1 rings (SSSR count). The number of rotatable bonds is 5. The van der Waals surface area contributed by atoms with Crippen LogP contribution in [0.25, 0.3) is 0 Å². The third kappa shape index (κ3) is 4.75. The average Bonchev–Trinajstić information content (AvgIpc) is 2.27. The molecule has 0 saturated carbocycles. The fraction of sp³-hybridized carbons (Fsp3) is 0.929. The van der Waals surface area contributed by atoms with Crippen LogP contribution in [0.5, 0.6) is 0 Å². The van der Waals surface area contributed by atoms with Crippen molar-refractivity contribution in [3.63, 3.8) is 0 Å². The summed E-state index contributed by atoms with van der Waals surface area (Å²) in [5.74, 6) is -0.323. The molecule has 1 heterocycles. The molecule has 0 aromatic heterocycles. The maximum atomic E-state index is 11.8. The van der Waals surface area contributed by atoms with Crippen molar-refractivity contribution in [2.45, 2.75) is 64.8 Å². The summed E-state index contributed by atoms with van der Waals surface area (Å²) in [6.07, 6.45) is 1.03. The third-order valence-corrected chi connectivity index (χ3v) is 3.53. The van der Waals surface area contributed by atoms with Gasteiger partial charge in [-0.05, 0) is 41.0 Å². The summed E-state index contributed by atoms with van der Waals surface area (Å²) in [5.41, 5.74) is 5.16. The van der Waals surface area contributed by atoms with Gasteiger partial charge < -0.3 is 15.2 Å². The van der Waals surface area contributed by atoms with Crippen LogP contribution in [0.15, 0.2) is 0 Å². The molecule has 4 unspecified atom stereocenters. The van der Waals surface area contributed by atoms with E-state index in [0.29, 0.717) is 13.0 Å². The van der Waals surface area contributed by atoms with Gasteiger partial charge in [-0.2, -0.15) is 0 Å². The summed E-state index contributed by atoms with van der Waals surface area (Å²) in [4.78, 5) is 14.2. The van der Waals surface area contributed by atoms with Crippen molar-refractivity contribution < 1.29 is 14.3 Å². The van der Waals surface area contributed by atoms with E-state index in [0.717, 1.165) is 13.1 Å². The van der Waals surface area contributed by atoms with Crippen LogP contribution in [0.1, 0.15) is 41.0 Å². The van der Waals surface area contributed by atoms with Gasteiger partial charge in [0.05, 0.1) is 18.8 Å². The summed E-state index contributed by atoms with van der Waals surface area (Å²) in [6, 6.07) is 0.230. The fourth-order valence-electron chi connectivity index (χ4n) is 2.70. The number of hydrogen-bond donors (Lipinski definition) is 1. The lowest BCUT2D eigenvalue weighted by Gasteiger charge is -2.40. The van der Waals surface area contributed by atoms with E-state index in [-0.39, 0.29) is 24.2 Å². The van der Waals surface area contributed by atoms with Gasteiger partial charge in [-0.25, -0.2) is 0 Å². The van der Waals surface area contributed by atoms with E-state index in [1.807, 2.05) is 0 Å². The Labute approximate surface area is 116 Å². The smallest absolute Gasteiger partial charge is 0.325 e. The SMILES string of the molecule is CCOC(=O)C(C)(N)CC(C)N1CC(C)OC(C)C1. The largest absolute Gasteiger partial charge is 0.465 e. The molecule has 0 aromatic rings. The van der Waals surface area contributed by atoms with Crippen molar-refractivity contribution in [3.05, 3.63) is 0 Å². The molecular weight excluding hydrogens is 244 g/mol. The maximum absolute atomic E-state index is 11.8. The molecule has 0 amide bonds. The number of hydrogen-bond acceptors (Lipinski definition) is 5. The van der Waals surface area contributed by atoms with Crippen LogP contribution in [-0.2, 0) is 14.3 Å². The Morgan fingerprint density at radius 2 is 2.00 bits per heavy atom. The number of esters is 1. The summed E-state index contributed by atoms with van der Waals surface area (Å²) in [5, 5.41) is 0. The molecule has 0 radical (unpaired) electrons. The first kappa shape index (κ1) is 16.4. The standard InChI is InChI=1S/C14H28N2O3/c1-6-18-13(17)14(5,15)7-10(2)16-8-11(3)19-12(4)9-16/h10-12H,6-9,15H2,1-5H3. The zero-order valence-electron chi connectivity index (χ0n) is 12.8. The summed E-state index contributed by atoms with van der Waals surface area (Å²) < 4.78 is 10.7. The molecule has 0 aliphatic carbocycles. The lowest BCUT2D eigenvalue weighted by atomic mass is 9.93. The average molecular weight is 272 g/mol. The molecule has 0 aromatic carbocycles. The van der Waals surface area contributed by atoms with Crippen molar-refractivity contribution in [1.29, 1.82) is 0 Å². The topological polar surface area (TPSA) is 64.8 Å². The third-order valence-electron chi connectivity index (χ3n) is 3.53. The Morgan fingerprint density at radius 1 is 1.47 bits per heavy atom. The van der Waals surface area contributed by atoms with Gasteiger partial charge in [-0.3, -0.25) is 9.69 Å². The Kier molecular flexibility index (Phi) is 5.77. The molecule has 0 bridgehead atoms. The van der Waals surface area contributed by atoms with Crippen LogP contribution in [0.2, 0.25) is 0 Å². The summed E-state index contributed by atoms with van der Waals surface area (Å²) >= 11 is 0. The molecule has 5 heteroatoms. The van der Waals surface area contributed by atoms with Gasteiger partial charge in [0.2, 0.25) is 0 Å². The second-order valence-corrected chi connectivity index (χ2v) is 5.90. The molecular formula is C14H28N2O3. The highest BCUT2D eigenvalue weighted by Crippen LogP contribution is 2.20. The molecule has 19 heavy (non-hydrogen) atoms. The van der Waals surface area contributed by atoms with E-state index in [1.54, 1.807) is 13.8 Å². The second kappa shape index (κ2) is 6.68. The Morgan fingerprint density at radius 3 is 2.47 bits per heavy atom. The lowest BCUT2D eigenvalue weighted by molar-refractivity contribution is -0.150. The van der Waals surface area contributed by atoms with Crippen LogP contribution >= 0.6 is 0 Å². The normalized spacial score (nSPS) is 29.6. The van der Waals surface area contributed by atoms with E-state index in [9.17, 15) is 4.79 Å². The van der Waals surface area contributed by atoms with Gasteiger partial charge in [0.15, 0.2) is 0 Å². The summed E-state index contributed by atoms with van der Waals surface area (Å²) in [7, 11) is 0. The van der Waals surface area contributed by atoms with Gasteiger partial charge in [0.25, 0.3) is 0 Å². The van der Waals surface area contributed by atoms with Gasteiger partial charge >= 0.3 is 5.97 Å². The van der Waals surface area contributed by atoms with Crippen molar-refractivity contribution in [2.75, 3.05) is 19.7 Å². The first-order valence-corrected chi connectivity index (χ1v) is 7.12. The van der Waals surface area contributed by atoms with Crippen LogP contribution in [-0.4, -0.2) is 54.4 Å². The molecule has 0 spiro atoms. The number of nitrogens with two attached hydrogens (primary N) is 1. The quantitative estimate of drug-likeness (QED) is 0.761. The van der Waals surface area contributed by atoms with Crippen LogP contribution in [0.3, 0.4) is 0 Å². The monoisotopic (exact) mass is 272 g/mol. The summed E-state index contributed by atoms with van der Waals surface area (Å²) in [6.45, 7) is 11.9. The zero-order valence-corrected chi connectivity index (χ0v) is 12.8. The van der Waals surface area contributed by atoms with Crippen LogP contribution in [0.4, 0.5) is 0 Å². The first-order chi connectivity index (χ1) is 8.76. The highest BCUT2D eigenvalue weighted by molar-refractivity contribution is 5.80. The van der Waals surface area contributed by atoms with Crippen molar-refractivity contribution in [3.8, 4) is 0 Å². The minimum Gasteiger partial charge on any atom is -0.465 e. The zero-order chi connectivity index (χ0) is 14.6. The molecule has 1 saturated heterocycles. The molecule has 2 N–H and O–H groups in total. The van der Waals surface area contributed by atoms with Gasteiger partial charge in [0.1, 0.15) is 5.54 Å². The minimum absolute atomic E-state index is 0.220. The molecule has 1 fully saturated rings. The Bertz CT molecular complexity index is 297. The van der Waals surface area contributed by atoms with Crippen molar-refractivity contribution in [2.24, 2.45) is 5.73 Å². The number of carbonyl (C=O) groups excluding carboxylic acids is 1. The maximum Gasteiger partial charge on any atom is 0.325 e. The Hall–Kier alpha value is -0.650. The van der Waals surface area contributed by atoms with E-state index >= 15 is 0 Å². The van der Waals surface area contributed by atoms with Crippen molar-refractivity contribution in [1.82, 2.24) is 4.90 Å². The number of nitrogens with zero attached hydrogens (tertiary/aromatic N) is 1. The highest BCUT2D eigenvalue weighted by Gasteiger charge is 2.35. The van der Waals surface area contributed by atoms with Crippen LogP contribution < -0.4 is 5.73 Å². The van der Waals surface area contributed by atoms with Gasteiger partial charge in [-0.15, -0.1) is 0 Å². The van der Waals surface area contributed by atoms with E-state index < -0.39 is 5.54 Å². The molecule has 1 aliphatic rings. The fourth-order valence-corrected chi connectivity index (χ4v) is 2.70. The van der Waals surface area contributed by atoms with Crippen LogP contribution in [0, 0.1) is 0 Å².